The van der Waals surface area contributed by atoms with Crippen LogP contribution in [-0.2, 0) is 30.1 Å². The van der Waals surface area contributed by atoms with Crippen LogP contribution in [0.15, 0.2) is 80.2 Å². The van der Waals surface area contributed by atoms with Crippen molar-refractivity contribution in [2.75, 3.05) is 39.1 Å². The molecule has 0 bridgehead atoms. The van der Waals surface area contributed by atoms with Gasteiger partial charge in [-0.25, -0.2) is 25.3 Å². The molecular formula is C30H24N2Na2O14S3. The summed E-state index contributed by atoms with van der Waals surface area (Å²) in [5.41, 5.74) is -2.62. The second-order valence-corrected chi connectivity index (χ2v) is 14.7. The molecule has 0 saturated carbocycles. The SMILES string of the molecule is COc1ccc(C(=O)Nc2cc3c(cc2S(=O)(=O)[O-])-c2cc(S(=O)(=O)[O-])c(NC(=O)c4ccc(OC)cc4OC)cc2S3(=O)=O)c(OC)c1.[Na+].[Na+]. The van der Waals surface area contributed by atoms with Crippen molar-refractivity contribution in [3.05, 3.63) is 71.8 Å². The quantitative estimate of drug-likeness (QED) is 0.105. The van der Waals surface area contributed by atoms with Gasteiger partial charge in [-0.1, -0.05) is 0 Å². The Morgan fingerprint density at radius 1 is 0.588 bits per heavy atom. The Hall–Kier alpha value is -3.21. The third-order valence-electron chi connectivity index (χ3n) is 7.37. The van der Waals surface area contributed by atoms with Crippen molar-refractivity contribution in [2.45, 2.75) is 19.6 Å². The first kappa shape index (κ1) is 42.2. The minimum Gasteiger partial charge on any atom is -0.744 e. The standard InChI is InChI=1S/C30H26N2O14S3.2Na/c1-43-15-5-7-17(23(9-15)45-3)29(33)31-21-13-25-19(11-27(21)48(37,38)39)20-12-28(49(40,41)42)22(14-26(20)47(25,35)36)32-30(34)18-8-6-16(44-2)10-24(18)46-4;;/h5-14H,1-4H3,(H,31,33)(H,32,34)(H,37,38,39)(H,40,41,42);;/q;2*+1/p-2. The molecule has 258 valence electrons. The van der Waals surface area contributed by atoms with Gasteiger partial charge in [0.15, 0.2) is 0 Å². The van der Waals surface area contributed by atoms with Gasteiger partial charge in [-0.05, 0) is 48.5 Å². The van der Waals surface area contributed by atoms with Crippen LogP contribution in [0.25, 0.3) is 11.1 Å². The van der Waals surface area contributed by atoms with Crippen molar-refractivity contribution < 1.29 is 122 Å². The number of carbonyl (C=O) groups excluding carboxylic acids is 2. The first-order chi connectivity index (χ1) is 22.9. The van der Waals surface area contributed by atoms with Gasteiger partial charge in [-0.3, -0.25) is 9.59 Å². The van der Waals surface area contributed by atoms with Crippen LogP contribution < -0.4 is 88.7 Å². The first-order valence-corrected chi connectivity index (χ1v) is 17.8. The van der Waals surface area contributed by atoms with Crippen molar-refractivity contribution >= 4 is 53.3 Å². The Morgan fingerprint density at radius 3 is 1.24 bits per heavy atom. The molecule has 0 saturated heterocycles. The molecule has 5 rings (SSSR count). The van der Waals surface area contributed by atoms with Gasteiger partial charge in [0, 0.05) is 23.3 Å². The second kappa shape index (κ2) is 15.8. The Bertz CT molecular complexity index is 2240. The molecule has 1 aliphatic heterocycles. The number of nitrogens with one attached hydrogen (secondary N) is 2. The molecule has 0 aromatic heterocycles. The summed E-state index contributed by atoms with van der Waals surface area (Å²) in [5.74, 6) is -1.35. The number of hydrogen-bond acceptors (Lipinski definition) is 14. The fraction of sp³-hybridized carbons (Fsp3) is 0.133. The number of sulfone groups is 1. The van der Waals surface area contributed by atoms with Crippen LogP contribution >= 0.6 is 0 Å². The van der Waals surface area contributed by atoms with Gasteiger partial charge in [0.1, 0.15) is 43.2 Å². The number of methoxy groups -OCH3 is 4. The van der Waals surface area contributed by atoms with E-state index in [2.05, 4.69) is 10.6 Å². The number of ether oxygens (including phenoxy) is 4. The summed E-state index contributed by atoms with van der Waals surface area (Å²) in [4.78, 5) is 23.0. The Kier molecular flexibility index (Phi) is 13.1. The molecule has 0 spiro atoms. The molecule has 2 N–H and O–H groups in total. The number of carbonyl (C=O) groups is 2. The molecule has 0 fully saturated rings. The first-order valence-electron chi connectivity index (χ1n) is 13.5. The molecule has 16 nitrogen and oxygen atoms in total. The zero-order valence-electron chi connectivity index (χ0n) is 27.7. The van der Waals surface area contributed by atoms with Crippen LogP contribution in [0.4, 0.5) is 11.4 Å². The summed E-state index contributed by atoms with van der Waals surface area (Å²) >= 11 is 0. The van der Waals surface area contributed by atoms with E-state index in [-0.39, 0.29) is 81.7 Å². The average molecular weight is 779 g/mol. The van der Waals surface area contributed by atoms with Crippen molar-refractivity contribution in [2.24, 2.45) is 0 Å². The van der Waals surface area contributed by atoms with E-state index in [4.69, 9.17) is 18.9 Å². The molecule has 51 heavy (non-hydrogen) atoms. The van der Waals surface area contributed by atoms with Crippen LogP contribution in [0, 0.1) is 0 Å². The Morgan fingerprint density at radius 2 is 0.941 bits per heavy atom. The van der Waals surface area contributed by atoms with E-state index in [9.17, 15) is 43.9 Å². The molecule has 0 atom stereocenters. The zero-order valence-corrected chi connectivity index (χ0v) is 34.2. The normalized spacial score (nSPS) is 12.6. The van der Waals surface area contributed by atoms with E-state index in [1.807, 2.05) is 0 Å². The maximum atomic E-state index is 13.8. The van der Waals surface area contributed by atoms with Crippen LogP contribution in [-0.4, -0.2) is 74.6 Å². The molecule has 0 aliphatic carbocycles. The molecule has 2 amide bonds. The summed E-state index contributed by atoms with van der Waals surface area (Å²) in [6, 6.07) is 10.8. The van der Waals surface area contributed by atoms with Crippen LogP contribution in [0.5, 0.6) is 23.0 Å². The van der Waals surface area contributed by atoms with Gasteiger partial charge in [-0.15, -0.1) is 0 Å². The molecule has 4 aromatic carbocycles. The molecule has 4 aromatic rings. The minimum atomic E-state index is -5.42. The molecule has 0 radical (unpaired) electrons. The van der Waals surface area contributed by atoms with Crippen LogP contribution in [0.3, 0.4) is 0 Å². The van der Waals surface area contributed by atoms with Crippen LogP contribution in [0.2, 0.25) is 0 Å². The third-order valence-corrected chi connectivity index (χ3v) is 11.0. The van der Waals surface area contributed by atoms with E-state index in [0.29, 0.717) is 23.6 Å². The van der Waals surface area contributed by atoms with E-state index >= 15 is 0 Å². The van der Waals surface area contributed by atoms with Gasteiger partial charge in [0.05, 0.1) is 70.5 Å². The summed E-state index contributed by atoms with van der Waals surface area (Å²) in [6.07, 6.45) is 0. The predicted molar refractivity (Wildman–Crippen MR) is 168 cm³/mol. The van der Waals surface area contributed by atoms with Crippen molar-refractivity contribution in [1.29, 1.82) is 0 Å². The number of amides is 2. The summed E-state index contributed by atoms with van der Waals surface area (Å²) < 4.78 is 122. The van der Waals surface area contributed by atoms with Gasteiger partial charge in [0.2, 0.25) is 9.84 Å². The number of anilines is 2. The average Bonchev–Trinajstić information content (AvgIpc) is 3.26. The van der Waals surface area contributed by atoms with E-state index in [1.165, 1.54) is 64.8 Å². The fourth-order valence-corrected chi connectivity index (χ4v) is 8.05. The van der Waals surface area contributed by atoms with Crippen LogP contribution in [0.1, 0.15) is 20.7 Å². The Labute approximate surface area is 336 Å². The van der Waals surface area contributed by atoms with Gasteiger partial charge in [0.25, 0.3) is 11.8 Å². The van der Waals surface area contributed by atoms with E-state index in [1.54, 1.807) is 0 Å². The number of hydrogen-bond donors (Lipinski definition) is 2. The van der Waals surface area contributed by atoms with Crippen molar-refractivity contribution in [1.82, 2.24) is 0 Å². The van der Waals surface area contributed by atoms with Crippen molar-refractivity contribution in [3.63, 3.8) is 0 Å². The Balaban J connectivity index is 0.00000351. The van der Waals surface area contributed by atoms with Gasteiger partial charge < -0.3 is 38.7 Å². The molecule has 0 unspecified atom stereocenters. The van der Waals surface area contributed by atoms with E-state index < -0.39 is 84.0 Å². The number of rotatable bonds is 10. The third kappa shape index (κ3) is 8.23. The second-order valence-electron chi connectivity index (χ2n) is 10.1. The predicted octanol–water partition coefficient (Wildman–Crippen LogP) is -3.14. The molecular weight excluding hydrogens is 755 g/mol. The van der Waals surface area contributed by atoms with Gasteiger partial charge >= 0.3 is 59.1 Å². The number of fused-ring (bicyclic) bond motifs is 3. The minimum absolute atomic E-state index is 0. The monoisotopic (exact) mass is 778 g/mol. The summed E-state index contributed by atoms with van der Waals surface area (Å²) in [7, 11) is -10.3. The molecule has 1 heterocycles. The maximum absolute atomic E-state index is 13.8. The molecule has 21 heteroatoms. The van der Waals surface area contributed by atoms with E-state index in [0.717, 1.165) is 12.1 Å². The maximum Gasteiger partial charge on any atom is 1.00 e. The van der Waals surface area contributed by atoms with Gasteiger partial charge in [-0.2, -0.15) is 0 Å². The smallest absolute Gasteiger partial charge is 0.744 e. The zero-order chi connectivity index (χ0) is 36.1. The van der Waals surface area contributed by atoms with Crippen molar-refractivity contribution in [3.8, 4) is 34.1 Å². The number of benzene rings is 4. The largest absolute Gasteiger partial charge is 1.00 e. The summed E-state index contributed by atoms with van der Waals surface area (Å²) in [5, 5.41) is 4.45. The fourth-order valence-electron chi connectivity index (χ4n) is 5.06. The molecule has 1 aliphatic rings. The topological polar surface area (TPSA) is 244 Å². The summed E-state index contributed by atoms with van der Waals surface area (Å²) in [6.45, 7) is 0.